The molecule has 4 rings (SSSR count). The van der Waals surface area contributed by atoms with E-state index in [1.54, 1.807) is 11.1 Å². The third-order valence-electron chi connectivity index (χ3n) is 6.83. The standard InChI is InChI=1S/C19H28N/c1-14-7-8-15-13-18-16-6-4-5-9-19(16,17(15)12-14)10-11-20(18,2)3/h7-8,12,16,18H,4-6,9-11,13H2,1-3H3/q+1/t16?,18?,19-/m1/s1. The van der Waals surface area contributed by atoms with E-state index in [-0.39, 0.29) is 0 Å². The highest BCUT2D eigenvalue weighted by molar-refractivity contribution is 5.42. The van der Waals surface area contributed by atoms with Crippen molar-refractivity contribution in [2.45, 2.75) is 56.9 Å². The van der Waals surface area contributed by atoms with E-state index < -0.39 is 0 Å². The van der Waals surface area contributed by atoms with Crippen LogP contribution in [-0.4, -0.2) is 31.2 Å². The van der Waals surface area contributed by atoms with Gasteiger partial charge in [0.05, 0.1) is 26.7 Å². The quantitative estimate of drug-likeness (QED) is 0.629. The average molecular weight is 270 g/mol. The maximum absolute atomic E-state index is 2.54. The summed E-state index contributed by atoms with van der Waals surface area (Å²) in [7, 11) is 4.95. The van der Waals surface area contributed by atoms with Gasteiger partial charge in [-0.1, -0.05) is 36.6 Å². The fraction of sp³-hybridized carbons (Fsp3) is 0.684. The molecule has 2 bridgehead atoms. The molecule has 0 radical (unpaired) electrons. The number of rotatable bonds is 0. The van der Waals surface area contributed by atoms with E-state index in [0.29, 0.717) is 5.41 Å². The molecule has 1 heteroatoms. The van der Waals surface area contributed by atoms with Crippen LogP contribution in [0, 0.1) is 12.8 Å². The fourth-order valence-electron chi connectivity index (χ4n) is 5.69. The minimum absolute atomic E-state index is 0.538. The van der Waals surface area contributed by atoms with Crippen molar-refractivity contribution in [1.29, 1.82) is 0 Å². The van der Waals surface area contributed by atoms with E-state index in [1.165, 1.54) is 55.1 Å². The summed E-state index contributed by atoms with van der Waals surface area (Å²) in [6, 6.07) is 8.17. The number of fused-ring (bicyclic) bond motifs is 1. The van der Waals surface area contributed by atoms with Crippen molar-refractivity contribution in [3.8, 4) is 0 Å². The Balaban J connectivity index is 1.92. The van der Waals surface area contributed by atoms with Gasteiger partial charge in [-0.25, -0.2) is 0 Å². The third-order valence-corrected chi connectivity index (χ3v) is 6.83. The molecule has 1 nitrogen and oxygen atoms in total. The van der Waals surface area contributed by atoms with Crippen LogP contribution < -0.4 is 0 Å². The monoisotopic (exact) mass is 270 g/mol. The van der Waals surface area contributed by atoms with Gasteiger partial charge in [-0.05, 0) is 30.9 Å². The van der Waals surface area contributed by atoms with E-state index >= 15 is 0 Å². The Hall–Kier alpha value is -0.820. The molecule has 1 saturated carbocycles. The van der Waals surface area contributed by atoms with Gasteiger partial charge in [0.15, 0.2) is 0 Å². The molecule has 0 N–H and O–H groups in total. The molecule has 108 valence electrons. The SMILES string of the molecule is Cc1ccc2c(c1)[C@@]13CCCCC1C(C2)[N+](C)(C)CC3. The van der Waals surface area contributed by atoms with Crippen LogP contribution in [0.5, 0.6) is 0 Å². The zero-order chi connectivity index (χ0) is 14.0. The van der Waals surface area contributed by atoms with Crippen LogP contribution in [0.25, 0.3) is 0 Å². The summed E-state index contributed by atoms with van der Waals surface area (Å²) in [5.41, 5.74) is 5.42. The first-order valence-electron chi connectivity index (χ1n) is 8.46. The first-order chi connectivity index (χ1) is 9.53. The Labute approximate surface area is 123 Å². The maximum atomic E-state index is 2.54. The second-order valence-corrected chi connectivity index (χ2v) is 8.19. The zero-order valence-corrected chi connectivity index (χ0v) is 13.3. The smallest absolute Gasteiger partial charge is 0.0964 e. The summed E-state index contributed by atoms with van der Waals surface area (Å²) in [5, 5.41) is 0. The van der Waals surface area contributed by atoms with Crippen molar-refractivity contribution in [1.82, 2.24) is 0 Å². The molecule has 1 aromatic rings. The summed E-state index contributed by atoms with van der Waals surface area (Å²) in [4.78, 5) is 0. The van der Waals surface area contributed by atoms with Gasteiger partial charge in [0.2, 0.25) is 0 Å². The van der Waals surface area contributed by atoms with Crippen LogP contribution in [0.4, 0.5) is 0 Å². The molecule has 0 spiro atoms. The van der Waals surface area contributed by atoms with Crippen LogP contribution >= 0.6 is 0 Å². The molecule has 3 atom stereocenters. The summed E-state index contributed by atoms with van der Waals surface area (Å²) in [6.45, 7) is 3.64. The van der Waals surface area contributed by atoms with Crippen molar-refractivity contribution in [2.24, 2.45) is 5.92 Å². The fourth-order valence-corrected chi connectivity index (χ4v) is 5.69. The predicted molar refractivity (Wildman–Crippen MR) is 83.9 cm³/mol. The Kier molecular flexibility index (Phi) is 2.64. The van der Waals surface area contributed by atoms with Crippen molar-refractivity contribution >= 4 is 0 Å². The third kappa shape index (κ3) is 1.59. The summed E-state index contributed by atoms with van der Waals surface area (Å²) >= 11 is 0. The van der Waals surface area contributed by atoms with Crippen molar-refractivity contribution in [3.63, 3.8) is 0 Å². The number of hydrogen-bond acceptors (Lipinski definition) is 0. The molecule has 1 saturated heterocycles. The molecule has 2 aliphatic carbocycles. The van der Waals surface area contributed by atoms with E-state index in [1.807, 2.05) is 0 Å². The highest BCUT2D eigenvalue weighted by atomic mass is 15.3. The molecule has 1 aliphatic heterocycles. The average Bonchev–Trinajstić information content (AvgIpc) is 2.44. The molecule has 0 amide bonds. The summed E-state index contributed by atoms with van der Waals surface area (Å²) < 4.78 is 1.25. The maximum Gasteiger partial charge on any atom is 0.0964 e. The Bertz CT molecular complexity index is 545. The second kappa shape index (κ2) is 4.10. The number of quaternary nitrogens is 1. The van der Waals surface area contributed by atoms with Crippen molar-refractivity contribution in [2.75, 3.05) is 20.6 Å². The predicted octanol–water partition coefficient (Wildman–Crippen LogP) is 3.83. The normalized spacial score (nSPS) is 38.0. The van der Waals surface area contributed by atoms with Crippen LogP contribution in [-0.2, 0) is 11.8 Å². The topological polar surface area (TPSA) is 0 Å². The van der Waals surface area contributed by atoms with Crippen LogP contribution in [0.3, 0.4) is 0 Å². The van der Waals surface area contributed by atoms with Crippen LogP contribution in [0.1, 0.15) is 48.8 Å². The number of piperidine rings is 1. The molecule has 2 unspecified atom stereocenters. The second-order valence-electron chi connectivity index (χ2n) is 8.19. The van der Waals surface area contributed by atoms with Crippen LogP contribution in [0.15, 0.2) is 18.2 Å². The van der Waals surface area contributed by atoms with E-state index in [2.05, 4.69) is 39.2 Å². The number of benzene rings is 1. The molecule has 3 aliphatic rings. The zero-order valence-electron chi connectivity index (χ0n) is 13.3. The van der Waals surface area contributed by atoms with E-state index in [4.69, 9.17) is 0 Å². The van der Waals surface area contributed by atoms with Crippen molar-refractivity contribution in [3.05, 3.63) is 34.9 Å². The number of hydrogen-bond donors (Lipinski definition) is 0. The summed E-state index contributed by atoms with van der Waals surface area (Å²) in [5.74, 6) is 0.939. The van der Waals surface area contributed by atoms with Gasteiger partial charge in [-0.15, -0.1) is 0 Å². The lowest BCUT2D eigenvalue weighted by Gasteiger charge is -2.60. The molecule has 2 fully saturated rings. The summed E-state index contributed by atoms with van der Waals surface area (Å²) in [6.07, 6.45) is 8.56. The first-order valence-corrected chi connectivity index (χ1v) is 8.46. The van der Waals surface area contributed by atoms with E-state index in [9.17, 15) is 0 Å². The van der Waals surface area contributed by atoms with Crippen LogP contribution in [0.2, 0.25) is 0 Å². The molecule has 1 heterocycles. The van der Waals surface area contributed by atoms with Gasteiger partial charge < -0.3 is 4.48 Å². The van der Waals surface area contributed by atoms with Gasteiger partial charge in [0, 0.05) is 24.2 Å². The molecular formula is C19H28N+. The highest BCUT2D eigenvalue weighted by Gasteiger charge is 2.57. The van der Waals surface area contributed by atoms with Gasteiger partial charge in [0.1, 0.15) is 0 Å². The molecule has 1 aromatic carbocycles. The lowest BCUT2D eigenvalue weighted by Crippen LogP contribution is -2.66. The minimum Gasteiger partial charge on any atom is -0.325 e. The largest absolute Gasteiger partial charge is 0.325 e. The number of aryl methyl sites for hydroxylation is 1. The lowest BCUT2D eigenvalue weighted by molar-refractivity contribution is -0.927. The highest BCUT2D eigenvalue weighted by Crippen LogP contribution is 2.56. The Morgan fingerprint density at radius 1 is 1.15 bits per heavy atom. The lowest BCUT2D eigenvalue weighted by atomic mass is 9.52. The van der Waals surface area contributed by atoms with Crippen molar-refractivity contribution < 1.29 is 4.48 Å². The number of likely N-dealkylation sites (N-methyl/N-ethyl adjacent to an activating group) is 1. The minimum atomic E-state index is 0.538. The number of nitrogens with zero attached hydrogens (tertiary/aromatic N) is 1. The molecular weight excluding hydrogens is 242 g/mol. The van der Waals surface area contributed by atoms with Gasteiger partial charge in [0.25, 0.3) is 0 Å². The Morgan fingerprint density at radius 3 is 2.85 bits per heavy atom. The van der Waals surface area contributed by atoms with Gasteiger partial charge >= 0.3 is 0 Å². The van der Waals surface area contributed by atoms with E-state index in [0.717, 1.165) is 12.0 Å². The van der Waals surface area contributed by atoms with Gasteiger partial charge in [-0.3, -0.25) is 0 Å². The first kappa shape index (κ1) is 12.9. The van der Waals surface area contributed by atoms with Gasteiger partial charge in [-0.2, -0.15) is 0 Å². The molecule has 0 aromatic heterocycles. The Morgan fingerprint density at radius 2 is 2.00 bits per heavy atom. The molecule has 20 heavy (non-hydrogen) atoms. The number of likely N-dealkylation sites (tertiary alicyclic amines) is 1.